The van der Waals surface area contributed by atoms with Crippen molar-refractivity contribution in [1.82, 2.24) is 9.55 Å². The highest BCUT2D eigenvalue weighted by Crippen LogP contribution is 2.25. The number of benzene rings is 2. The second-order valence-electron chi connectivity index (χ2n) is 7.26. The van der Waals surface area contributed by atoms with E-state index in [-0.39, 0.29) is 0 Å². The summed E-state index contributed by atoms with van der Waals surface area (Å²) in [7, 11) is -3.52. The highest BCUT2D eigenvalue weighted by Gasteiger charge is 2.19. The molecule has 5 nitrogen and oxygen atoms in total. The zero-order valence-electron chi connectivity index (χ0n) is 16.0. The van der Waals surface area contributed by atoms with Crippen LogP contribution in [0.4, 0.5) is 5.95 Å². The first-order valence-electron chi connectivity index (χ1n) is 9.33. The Labute approximate surface area is 165 Å². The van der Waals surface area contributed by atoms with E-state index in [9.17, 15) is 8.42 Å². The minimum Gasteiger partial charge on any atom is -0.314 e. The first-order valence-corrected chi connectivity index (χ1v) is 10.8. The molecular formula is C22H23N3O2S. The zero-order chi connectivity index (χ0) is 19.7. The molecule has 0 radical (unpaired) electrons. The van der Waals surface area contributed by atoms with Gasteiger partial charge in [0.2, 0.25) is 15.8 Å². The molecule has 6 heteroatoms. The smallest absolute Gasteiger partial charge is 0.210 e. The quantitative estimate of drug-likeness (QED) is 0.646. The number of aromatic nitrogens is 2. The fourth-order valence-corrected chi connectivity index (χ4v) is 4.58. The SMILES string of the molecule is CC(C)c1ccc(S(=O)(=O)c2ccc(CN3C=CCn4ccnc43)cc2)cc1. The van der Waals surface area contributed by atoms with Crippen molar-refractivity contribution in [3.63, 3.8) is 0 Å². The molecule has 2 aromatic carbocycles. The Kier molecular flexibility index (Phi) is 4.81. The van der Waals surface area contributed by atoms with Crippen LogP contribution >= 0.6 is 0 Å². The first-order chi connectivity index (χ1) is 13.4. The number of sulfone groups is 1. The Bertz CT molecular complexity index is 1100. The largest absolute Gasteiger partial charge is 0.314 e. The van der Waals surface area contributed by atoms with E-state index in [1.807, 2.05) is 36.7 Å². The average Bonchev–Trinajstić information content (AvgIpc) is 3.18. The van der Waals surface area contributed by atoms with E-state index in [2.05, 4.69) is 34.4 Å². The first kappa shape index (κ1) is 18.5. The predicted octanol–water partition coefficient (Wildman–Crippen LogP) is 4.37. The summed E-state index contributed by atoms with van der Waals surface area (Å²) >= 11 is 0. The van der Waals surface area contributed by atoms with Crippen LogP contribution in [0.5, 0.6) is 0 Å². The Morgan fingerprint density at radius 1 is 1.00 bits per heavy atom. The van der Waals surface area contributed by atoms with E-state index in [1.165, 1.54) is 0 Å². The molecule has 0 saturated carbocycles. The number of rotatable bonds is 5. The summed E-state index contributed by atoms with van der Waals surface area (Å²) in [5.41, 5.74) is 2.15. The van der Waals surface area contributed by atoms with Crippen LogP contribution in [0.25, 0.3) is 0 Å². The van der Waals surface area contributed by atoms with Gasteiger partial charge in [-0.1, -0.05) is 38.1 Å². The fourth-order valence-electron chi connectivity index (χ4n) is 3.32. The third-order valence-electron chi connectivity index (χ3n) is 4.98. The molecule has 0 atom stereocenters. The minimum atomic E-state index is -3.52. The van der Waals surface area contributed by atoms with Gasteiger partial charge in [-0.05, 0) is 47.4 Å². The molecule has 3 aromatic rings. The van der Waals surface area contributed by atoms with Crippen molar-refractivity contribution in [3.05, 3.63) is 84.3 Å². The second-order valence-corrected chi connectivity index (χ2v) is 9.21. The second kappa shape index (κ2) is 7.28. The van der Waals surface area contributed by atoms with E-state index in [0.29, 0.717) is 22.3 Å². The monoisotopic (exact) mass is 393 g/mol. The summed E-state index contributed by atoms with van der Waals surface area (Å²) in [5, 5.41) is 0. The summed E-state index contributed by atoms with van der Waals surface area (Å²) in [5.74, 6) is 1.26. The van der Waals surface area contributed by atoms with Crippen molar-refractivity contribution < 1.29 is 8.42 Å². The van der Waals surface area contributed by atoms with Crippen molar-refractivity contribution in [1.29, 1.82) is 0 Å². The van der Waals surface area contributed by atoms with Crippen molar-refractivity contribution >= 4 is 15.8 Å². The zero-order valence-corrected chi connectivity index (χ0v) is 16.8. The molecule has 0 amide bonds. The molecule has 0 bridgehead atoms. The lowest BCUT2D eigenvalue weighted by Gasteiger charge is -2.24. The van der Waals surface area contributed by atoms with Gasteiger partial charge in [0, 0.05) is 25.1 Å². The van der Waals surface area contributed by atoms with E-state index in [0.717, 1.165) is 23.6 Å². The summed E-state index contributed by atoms with van der Waals surface area (Å²) < 4.78 is 27.9. The number of anilines is 1. The van der Waals surface area contributed by atoms with E-state index in [4.69, 9.17) is 0 Å². The molecule has 1 aliphatic heterocycles. The van der Waals surface area contributed by atoms with Gasteiger partial charge in [-0.15, -0.1) is 0 Å². The highest BCUT2D eigenvalue weighted by atomic mass is 32.2. The average molecular weight is 394 g/mol. The Balaban J connectivity index is 1.54. The predicted molar refractivity (Wildman–Crippen MR) is 110 cm³/mol. The molecule has 0 saturated heterocycles. The number of imidazole rings is 1. The third kappa shape index (κ3) is 3.47. The number of hydrogen-bond acceptors (Lipinski definition) is 4. The number of allylic oxidation sites excluding steroid dienone is 1. The topological polar surface area (TPSA) is 55.2 Å². The van der Waals surface area contributed by atoms with Gasteiger partial charge in [0.15, 0.2) is 0 Å². The molecule has 1 aromatic heterocycles. The van der Waals surface area contributed by atoms with Gasteiger partial charge < -0.3 is 9.47 Å². The highest BCUT2D eigenvalue weighted by molar-refractivity contribution is 7.91. The van der Waals surface area contributed by atoms with E-state index < -0.39 is 9.84 Å². The molecule has 2 heterocycles. The van der Waals surface area contributed by atoms with Crippen LogP contribution in [0.2, 0.25) is 0 Å². The molecule has 4 rings (SSSR count). The number of nitrogens with zero attached hydrogens (tertiary/aromatic N) is 3. The standard InChI is InChI=1S/C22H23N3O2S/c1-17(2)19-6-10-21(11-7-19)28(26,27)20-8-4-18(5-9-20)16-25-14-3-13-24-15-12-23-22(24)25/h3-12,14-15,17H,13,16H2,1-2H3. The Morgan fingerprint density at radius 2 is 1.64 bits per heavy atom. The van der Waals surface area contributed by atoms with Crippen LogP contribution in [0.3, 0.4) is 0 Å². The van der Waals surface area contributed by atoms with Gasteiger partial charge >= 0.3 is 0 Å². The van der Waals surface area contributed by atoms with Crippen LogP contribution in [0.15, 0.2) is 83.0 Å². The lowest BCUT2D eigenvalue weighted by atomic mass is 10.0. The Hall–Kier alpha value is -2.86. The van der Waals surface area contributed by atoms with E-state index >= 15 is 0 Å². The summed E-state index contributed by atoms with van der Waals surface area (Å²) in [6, 6.07) is 14.2. The summed E-state index contributed by atoms with van der Waals surface area (Å²) in [6.45, 7) is 5.63. The van der Waals surface area contributed by atoms with Crippen LogP contribution in [-0.4, -0.2) is 18.0 Å². The Morgan fingerprint density at radius 3 is 2.29 bits per heavy atom. The minimum absolute atomic E-state index is 0.309. The lowest BCUT2D eigenvalue weighted by Crippen LogP contribution is -2.22. The summed E-state index contributed by atoms with van der Waals surface area (Å²) in [6.07, 6.45) is 7.83. The lowest BCUT2D eigenvalue weighted by molar-refractivity contribution is 0.596. The van der Waals surface area contributed by atoms with Crippen LogP contribution < -0.4 is 4.90 Å². The van der Waals surface area contributed by atoms with Crippen LogP contribution in [-0.2, 0) is 22.9 Å². The molecule has 0 N–H and O–H groups in total. The van der Waals surface area contributed by atoms with Gasteiger partial charge in [-0.25, -0.2) is 13.4 Å². The molecule has 0 unspecified atom stereocenters. The van der Waals surface area contributed by atoms with Crippen LogP contribution in [0, 0.1) is 0 Å². The van der Waals surface area contributed by atoms with Crippen molar-refractivity contribution in [2.24, 2.45) is 0 Å². The van der Waals surface area contributed by atoms with Gasteiger partial charge in [-0.3, -0.25) is 0 Å². The van der Waals surface area contributed by atoms with Gasteiger partial charge in [0.1, 0.15) is 0 Å². The van der Waals surface area contributed by atoms with Crippen molar-refractivity contribution in [2.45, 2.75) is 42.6 Å². The maximum atomic E-state index is 12.9. The molecule has 28 heavy (non-hydrogen) atoms. The molecule has 0 spiro atoms. The number of fused-ring (bicyclic) bond motifs is 1. The summed E-state index contributed by atoms with van der Waals surface area (Å²) in [4.78, 5) is 7.08. The van der Waals surface area contributed by atoms with E-state index in [1.54, 1.807) is 30.5 Å². The van der Waals surface area contributed by atoms with Gasteiger partial charge in [0.25, 0.3) is 0 Å². The number of hydrogen-bond donors (Lipinski definition) is 0. The van der Waals surface area contributed by atoms with Gasteiger partial charge in [0.05, 0.1) is 16.3 Å². The molecule has 0 fully saturated rings. The third-order valence-corrected chi connectivity index (χ3v) is 6.77. The molecule has 1 aliphatic rings. The normalized spacial score (nSPS) is 13.8. The van der Waals surface area contributed by atoms with Crippen molar-refractivity contribution in [2.75, 3.05) is 4.90 Å². The fraction of sp³-hybridized carbons (Fsp3) is 0.227. The van der Waals surface area contributed by atoms with Gasteiger partial charge in [-0.2, -0.15) is 0 Å². The maximum absolute atomic E-state index is 12.9. The van der Waals surface area contributed by atoms with Crippen LogP contribution in [0.1, 0.15) is 30.9 Å². The molecule has 0 aliphatic carbocycles. The van der Waals surface area contributed by atoms with Crippen molar-refractivity contribution in [3.8, 4) is 0 Å². The molecule has 144 valence electrons. The maximum Gasteiger partial charge on any atom is 0.210 e. The molecular weight excluding hydrogens is 370 g/mol.